The van der Waals surface area contributed by atoms with E-state index in [0.717, 1.165) is 22.4 Å². The van der Waals surface area contributed by atoms with Crippen molar-refractivity contribution in [1.29, 1.82) is 0 Å². The van der Waals surface area contributed by atoms with Crippen molar-refractivity contribution >= 4 is 11.8 Å². The van der Waals surface area contributed by atoms with Crippen LogP contribution >= 0.6 is 0 Å². The minimum absolute atomic E-state index is 0.173. The molecule has 0 spiro atoms. The second-order valence-corrected chi connectivity index (χ2v) is 7.55. The van der Waals surface area contributed by atoms with Crippen LogP contribution in [0.4, 0.5) is 4.39 Å². The highest BCUT2D eigenvalue weighted by Gasteiger charge is 2.26. The summed E-state index contributed by atoms with van der Waals surface area (Å²) < 4.78 is 18.5. The van der Waals surface area contributed by atoms with Gasteiger partial charge in [0.15, 0.2) is 0 Å². The van der Waals surface area contributed by atoms with Crippen LogP contribution in [0.1, 0.15) is 23.6 Å². The van der Waals surface area contributed by atoms with E-state index in [0.29, 0.717) is 6.54 Å². The molecule has 0 saturated carbocycles. The highest BCUT2D eigenvalue weighted by atomic mass is 19.1. The Bertz CT molecular complexity index is 1020. The lowest BCUT2D eigenvalue weighted by Crippen LogP contribution is -2.48. The molecule has 0 bridgehead atoms. The zero-order valence-corrected chi connectivity index (χ0v) is 18.3. The molecule has 2 amide bonds. The quantitative estimate of drug-likeness (QED) is 0.551. The largest absolute Gasteiger partial charge is 0.497 e. The molecule has 0 aliphatic rings. The highest BCUT2D eigenvalue weighted by Crippen LogP contribution is 2.14. The molecule has 3 aromatic carbocycles. The van der Waals surface area contributed by atoms with Gasteiger partial charge in [0, 0.05) is 13.1 Å². The molecule has 0 fully saturated rings. The molecule has 0 radical (unpaired) electrons. The maximum absolute atomic E-state index is 13.3. The molecule has 3 rings (SSSR count). The molecular formula is C26H27FN2O3. The molecule has 3 aromatic rings. The standard InChI is InChI=1S/C26H27FN2O3/c1-19(26(31)28-17-21-10-14-24(32-2)15-11-21)29(18-22-8-12-23(27)13-9-22)25(30)16-20-6-4-3-5-7-20/h3-15,19H,16-18H2,1-2H3,(H,28,31)/t19-/m1/s1. The van der Waals surface area contributed by atoms with Crippen LogP contribution in [-0.2, 0) is 29.1 Å². The number of hydrogen-bond donors (Lipinski definition) is 1. The van der Waals surface area contributed by atoms with E-state index in [1.54, 1.807) is 26.2 Å². The Morgan fingerprint density at radius 3 is 2.16 bits per heavy atom. The number of ether oxygens (including phenoxy) is 1. The fourth-order valence-electron chi connectivity index (χ4n) is 3.32. The Balaban J connectivity index is 1.71. The van der Waals surface area contributed by atoms with Crippen molar-refractivity contribution in [3.05, 3.63) is 101 Å². The SMILES string of the molecule is COc1ccc(CNC(=O)[C@@H](C)N(Cc2ccc(F)cc2)C(=O)Cc2ccccc2)cc1. The number of hydrogen-bond acceptors (Lipinski definition) is 3. The van der Waals surface area contributed by atoms with Crippen LogP contribution in [0, 0.1) is 5.82 Å². The van der Waals surface area contributed by atoms with Gasteiger partial charge in [-0.05, 0) is 47.9 Å². The van der Waals surface area contributed by atoms with Crippen LogP contribution in [0.15, 0.2) is 78.9 Å². The highest BCUT2D eigenvalue weighted by molar-refractivity contribution is 5.88. The molecule has 0 heterocycles. The van der Waals surface area contributed by atoms with Crippen LogP contribution in [0.5, 0.6) is 5.75 Å². The Labute approximate surface area is 187 Å². The number of carbonyl (C=O) groups excluding carboxylic acids is 2. The lowest BCUT2D eigenvalue weighted by atomic mass is 10.1. The molecule has 0 aliphatic carbocycles. The molecule has 0 aliphatic heterocycles. The molecule has 6 heteroatoms. The number of rotatable bonds is 9. The second kappa shape index (κ2) is 11.1. The summed E-state index contributed by atoms with van der Waals surface area (Å²) in [7, 11) is 1.60. The monoisotopic (exact) mass is 434 g/mol. The predicted octanol–water partition coefficient (Wildman–Crippen LogP) is 4.11. The lowest BCUT2D eigenvalue weighted by molar-refractivity contribution is -0.140. The zero-order chi connectivity index (χ0) is 22.9. The fourth-order valence-corrected chi connectivity index (χ4v) is 3.32. The van der Waals surface area contributed by atoms with Crippen molar-refractivity contribution in [1.82, 2.24) is 10.2 Å². The van der Waals surface area contributed by atoms with Crippen molar-refractivity contribution in [2.24, 2.45) is 0 Å². The van der Waals surface area contributed by atoms with Crippen molar-refractivity contribution in [3.8, 4) is 5.75 Å². The van der Waals surface area contributed by atoms with Gasteiger partial charge in [0.2, 0.25) is 11.8 Å². The molecular weight excluding hydrogens is 407 g/mol. The first-order valence-electron chi connectivity index (χ1n) is 10.4. The van der Waals surface area contributed by atoms with Gasteiger partial charge in [-0.3, -0.25) is 9.59 Å². The smallest absolute Gasteiger partial charge is 0.242 e. The first-order valence-corrected chi connectivity index (χ1v) is 10.4. The maximum atomic E-state index is 13.3. The number of nitrogens with one attached hydrogen (secondary N) is 1. The third-order valence-electron chi connectivity index (χ3n) is 5.26. The van der Waals surface area contributed by atoms with E-state index in [1.807, 2.05) is 54.6 Å². The molecule has 1 N–H and O–H groups in total. The van der Waals surface area contributed by atoms with E-state index in [2.05, 4.69) is 5.32 Å². The van der Waals surface area contributed by atoms with E-state index >= 15 is 0 Å². The Morgan fingerprint density at radius 2 is 1.53 bits per heavy atom. The van der Waals surface area contributed by atoms with E-state index in [4.69, 9.17) is 4.74 Å². The van der Waals surface area contributed by atoms with Gasteiger partial charge in [-0.25, -0.2) is 4.39 Å². The summed E-state index contributed by atoms with van der Waals surface area (Å²) in [5.74, 6) is -0.0383. The lowest BCUT2D eigenvalue weighted by Gasteiger charge is -2.29. The third kappa shape index (κ3) is 6.41. The molecule has 1 atom stereocenters. The third-order valence-corrected chi connectivity index (χ3v) is 5.26. The van der Waals surface area contributed by atoms with E-state index < -0.39 is 6.04 Å². The van der Waals surface area contributed by atoms with E-state index in [-0.39, 0.29) is 30.6 Å². The van der Waals surface area contributed by atoms with Gasteiger partial charge in [0.1, 0.15) is 17.6 Å². The molecule has 0 aromatic heterocycles. The van der Waals surface area contributed by atoms with Crippen molar-refractivity contribution < 1.29 is 18.7 Å². The minimum Gasteiger partial charge on any atom is -0.497 e. The van der Waals surface area contributed by atoms with Crippen LogP contribution in [0.25, 0.3) is 0 Å². The van der Waals surface area contributed by atoms with Crippen LogP contribution < -0.4 is 10.1 Å². The summed E-state index contributed by atoms with van der Waals surface area (Å²) in [5.41, 5.74) is 2.54. The van der Waals surface area contributed by atoms with Gasteiger partial charge >= 0.3 is 0 Å². The van der Waals surface area contributed by atoms with Crippen LogP contribution in [0.2, 0.25) is 0 Å². The first-order chi connectivity index (χ1) is 15.5. The fraction of sp³-hybridized carbons (Fsp3) is 0.231. The van der Waals surface area contributed by atoms with Gasteiger partial charge < -0.3 is 15.0 Å². The summed E-state index contributed by atoms with van der Waals surface area (Å²) in [6.07, 6.45) is 0.179. The summed E-state index contributed by atoms with van der Waals surface area (Å²) in [6.45, 7) is 2.25. The topological polar surface area (TPSA) is 58.6 Å². The van der Waals surface area contributed by atoms with Crippen LogP contribution in [0.3, 0.4) is 0 Å². The summed E-state index contributed by atoms with van der Waals surface area (Å²) in [6, 6.07) is 22.0. The predicted molar refractivity (Wildman–Crippen MR) is 121 cm³/mol. The zero-order valence-electron chi connectivity index (χ0n) is 18.3. The van der Waals surface area contributed by atoms with Crippen molar-refractivity contribution in [3.63, 3.8) is 0 Å². The van der Waals surface area contributed by atoms with E-state index in [1.165, 1.54) is 17.0 Å². The van der Waals surface area contributed by atoms with Gasteiger partial charge in [0.05, 0.1) is 13.5 Å². The molecule has 166 valence electrons. The normalized spacial score (nSPS) is 11.5. The summed E-state index contributed by atoms with van der Waals surface area (Å²) in [5, 5.41) is 2.90. The maximum Gasteiger partial charge on any atom is 0.242 e. The number of benzene rings is 3. The number of nitrogens with zero attached hydrogens (tertiary/aromatic N) is 1. The average Bonchev–Trinajstić information content (AvgIpc) is 2.82. The number of methoxy groups -OCH3 is 1. The summed E-state index contributed by atoms with van der Waals surface area (Å²) in [4.78, 5) is 27.6. The summed E-state index contributed by atoms with van der Waals surface area (Å²) >= 11 is 0. The van der Waals surface area contributed by atoms with Crippen LogP contribution in [-0.4, -0.2) is 29.9 Å². The number of carbonyl (C=O) groups is 2. The molecule has 0 unspecified atom stereocenters. The van der Waals surface area contributed by atoms with Gasteiger partial charge in [0.25, 0.3) is 0 Å². The second-order valence-electron chi connectivity index (χ2n) is 7.55. The Morgan fingerprint density at radius 1 is 0.906 bits per heavy atom. The molecule has 32 heavy (non-hydrogen) atoms. The van der Waals surface area contributed by atoms with Crippen molar-refractivity contribution in [2.45, 2.75) is 32.5 Å². The molecule has 0 saturated heterocycles. The number of amides is 2. The van der Waals surface area contributed by atoms with Gasteiger partial charge in [-0.1, -0.05) is 54.6 Å². The first kappa shape index (κ1) is 23.0. The Hall–Kier alpha value is -3.67. The number of halogens is 1. The average molecular weight is 435 g/mol. The molecule has 5 nitrogen and oxygen atoms in total. The Kier molecular flexibility index (Phi) is 7.97. The minimum atomic E-state index is -0.700. The van der Waals surface area contributed by atoms with Gasteiger partial charge in [-0.2, -0.15) is 0 Å². The van der Waals surface area contributed by atoms with E-state index in [9.17, 15) is 14.0 Å². The van der Waals surface area contributed by atoms with Crippen molar-refractivity contribution in [2.75, 3.05) is 7.11 Å². The van der Waals surface area contributed by atoms with Gasteiger partial charge in [-0.15, -0.1) is 0 Å².